The Morgan fingerprint density at radius 1 is 0.452 bits per heavy atom. The Kier molecular flexibility index (Phi) is 46.4. The standard InChI is InChI=1S/C61H108O12/c1-4-7-10-13-16-19-21-23-25-27-29-31-33-36-38-41-44-47-53(62)69-50-52(71-54(63)48-45-42-39-35-18-15-12-9-6-3)51-70-61-59(57(66)56(65)58(73-61)60(67)68)72-55(64)49-46-43-40-37-34-32-30-28-26-24-22-20-17-14-11-8-5-2/h16,19,23-26,52,56-59,61,65-66H,4-15,17-18,20-22,27-51H2,1-3H3,(H,67,68)/b19-16-,25-23-,26-24-. The van der Waals surface area contributed by atoms with Crippen LogP contribution in [0.1, 0.15) is 278 Å². The number of ether oxygens (including phenoxy) is 5. The van der Waals surface area contributed by atoms with Crippen LogP contribution in [0.3, 0.4) is 0 Å². The summed E-state index contributed by atoms with van der Waals surface area (Å²) in [5, 5.41) is 31.4. The highest BCUT2D eigenvalue weighted by atomic mass is 16.7. The first-order valence-corrected chi connectivity index (χ1v) is 30.0. The molecule has 0 aliphatic carbocycles. The van der Waals surface area contributed by atoms with Gasteiger partial charge in [0.25, 0.3) is 0 Å². The van der Waals surface area contributed by atoms with Crippen LogP contribution >= 0.6 is 0 Å². The first kappa shape index (κ1) is 68.0. The Morgan fingerprint density at radius 3 is 1.27 bits per heavy atom. The number of hydrogen-bond acceptors (Lipinski definition) is 11. The van der Waals surface area contributed by atoms with Gasteiger partial charge in [0.15, 0.2) is 24.6 Å². The summed E-state index contributed by atoms with van der Waals surface area (Å²) in [6.45, 7) is 5.95. The lowest BCUT2D eigenvalue weighted by atomic mass is 9.98. The summed E-state index contributed by atoms with van der Waals surface area (Å²) in [4.78, 5) is 51.0. The molecule has 1 rings (SSSR count). The fraction of sp³-hybridized carbons (Fsp3) is 0.836. The highest BCUT2D eigenvalue weighted by Gasteiger charge is 2.50. The lowest BCUT2D eigenvalue weighted by Gasteiger charge is -2.40. The van der Waals surface area contributed by atoms with Gasteiger partial charge in [-0.3, -0.25) is 14.4 Å². The molecule has 1 heterocycles. The van der Waals surface area contributed by atoms with E-state index in [4.69, 9.17) is 23.7 Å². The van der Waals surface area contributed by atoms with Crippen molar-refractivity contribution in [3.05, 3.63) is 36.5 Å². The van der Waals surface area contributed by atoms with Crippen LogP contribution in [0, 0.1) is 0 Å². The molecule has 0 radical (unpaired) electrons. The van der Waals surface area contributed by atoms with Crippen molar-refractivity contribution in [2.75, 3.05) is 13.2 Å². The van der Waals surface area contributed by atoms with Crippen LogP contribution in [0.4, 0.5) is 0 Å². The molecule has 12 nitrogen and oxygen atoms in total. The van der Waals surface area contributed by atoms with E-state index < -0.39 is 67.3 Å². The smallest absolute Gasteiger partial charge is 0.335 e. The van der Waals surface area contributed by atoms with E-state index in [1.165, 1.54) is 128 Å². The molecule has 6 unspecified atom stereocenters. The molecule has 0 amide bonds. The number of rotatable bonds is 51. The zero-order chi connectivity index (χ0) is 53.3. The number of carbonyl (C=O) groups is 4. The van der Waals surface area contributed by atoms with Gasteiger partial charge in [-0.2, -0.15) is 0 Å². The number of aliphatic hydroxyl groups excluding tert-OH is 2. The fourth-order valence-electron chi connectivity index (χ4n) is 9.04. The Hall–Kier alpha value is -3.06. The molecule has 73 heavy (non-hydrogen) atoms. The van der Waals surface area contributed by atoms with E-state index in [1.54, 1.807) is 0 Å². The second kappa shape index (κ2) is 49.8. The van der Waals surface area contributed by atoms with E-state index in [2.05, 4.69) is 57.2 Å². The van der Waals surface area contributed by atoms with Crippen molar-refractivity contribution in [3.63, 3.8) is 0 Å². The predicted octanol–water partition coefficient (Wildman–Crippen LogP) is 15.2. The second-order valence-electron chi connectivity index (χ2n) is 20.6. The lowest BCUT2D eigenvalue weighted by Crippen LogP contribution is -2.61. The number of unbranched alkanes of at least 4 members (excludes halogenated alkanes) is 31. The summed E-state index contributed by atoms with van der Waals surface area (Å²) in [5.74, 6) is -3.11. The zero-order valence-corrected chi connectivity index (χ0v) is 46.6. The van der Waals surface area contributed by atoms with Crippen LogP contribution in [0.2, 0.25) is 0 Å². The van der Waals surface area contributed by atoms with Gasteiger partial charge in [-0.25, -0.2) is 4.79 Å². The maximum Gasteiger partial charge on any atom is 0.335 e. The van der Waals surface area contributed by atoms with E-state index in [1.807, 2.05) is 0 Å². The molecule has 3 N–H and O–H groups in total. The number of carboxylic acids is 1. The molecule has 1 aliphatic rings. The van der Waals surface area contributed by atoms with Crippen LogP contribution in [0.15, 0.2) is 36.5 Å². The molecule has 1 aliphatic heterocycles. The van der Waals surface area contributed by atoms with Crippen LogP contribution in [-0.2, 0) is 42.9 Å². The highest BCUT2D eigenvalue weighted by molar-refractivity contribution is 5.74. The topological polar surface area (TPSA) is 175 Å². The minimum Gasteiger partial charge on any atom is -0.479 e. The van der Waals surface area contributed by atoms with E-state index in [-0.39, 0.29) is 25.9 Å². The van der Waals surface area contributed by atoms with Gasteiger partial charge in [0.05, 0.1) is 6.61 Å². The predicted molar refractivity (Wildman–Crippen MR) is 294 cm³/mol. The van der Waals surface area contributed by atoms with E-state index >= 15 is 0 Å². The van der Waals surface area contributed by atoms with Crippen molar-refractivity contribution in [2.24, 2.45) is 0 Å². The molecule has 0 aromatic heterocycles. The van der Waals surface area contributed by atoms with Crippen molar-refractivity contribution in [3.8, 4) is 0 Å². The summed E-state index contributed by atoms with van der Waals surface area (Å²) in [6, 6.07) is 0. The molecule has 424 valence electrons. The maximum absolute atomic E-state index is 13.1. The molecule has 0 spiro atoms. The third-order valence-electron chi connectivity index (χ3n) is 13.7. The molecule has 0 bridgehead atoms. The lowest BCUT2D eigenvalue weighted by molar-refractivity contribution is -0.301. The van der Waals surface area contributed by atoms with Gasteiger partial charge in [-0.15, -0.1) is 0 Å². The fourth-order valence-corrected chi connectivity index (χ4v) is 9.04. The summed E-state index contributed by atoms with van der Waals surface area (Å²) in [6.07, 6.45) is 45.5. The van der Waals surface area contributed by atoms with Crippen LogP contribution in [0.25, 0.3) is 0 Å². The molecule has 1 saturated heterocycles. The number of carbonyl (C=O) groups excluding carboxylic acids is 3. The van der Waals surface area contributed by atoms with Crippen molar-refractivity contribution in [2.45, 2.75) is 314 Å². The Bertz CT molecular complexity index is 1410. The van der Waals surface area contributed by atoms with E-state index in [0.29, 0.717) is 19.3 Å². The van der Waals surface area contributed by atoms with Crippen molar-refractivity contribution in [1.29, 1.82) is 0 Å². The number of allylic oxidation sites excluding steroid dienone is 6. The first-order valence-electron chi connectivity index (χ1n) is 30.0. The van der Waals surface area contributed by atoms with Crippen LogP contribution in [0.5, 0.6) is 0 Å². The number of aliphatic carboxylic acids is 1. The molecule has 0 aromatic carbocycles. The summed E-state index contributed by atoms with van der Waals surface area (Å²) in [7, 11) is 0. The number of carboxylic acid groups (broad SMARTS) is 1. The van der Waals surface area contributed by atoms with Crippen LogP contribution in [-0.4, -0.2) is 89.2 Å². The average Bonchev–Trinajstić information content (AvgIpc) is 3.37. The third-order valence-corrected chi connectivity index (χ3v) is 13.7. The van der Waals surface area contributed by atoms with Gasteiger partial charge < -0.3 is 39.0 Å². The Labute approximate surface area is 444 Å². The van der Waals surface area contributed by atoms with Crippen molar-refractivity contribution >= 4 is 23.9 Å². The summed E-state index contributed by atoms with van der Waals surface area (Å²) >= 11 is 0. The first-order chi connectivity index (χ1) is 35.6. The van der Waals surface area contributed by atoms with E-state index in [0.717, 1.165) is 89.9 Å². The highest BCUT2D eigenvalue weighted by Crippen LogP contribution is 2.26. The quantitative estimate of drug-likeness (QED) is 0.0228. The SMILES string of the molecule is CCCCC/C=C\C/C=C\CCCCCCCCCC(=O)OCC(COC1OC(C(=O)O)C(O)C(O)C1OC(=O)CCCCCCCCC/C=C\CCCCCCCC)OC(=O)CCCCCCCCCCC. The Morgan fingerprint density at radius 2 is 0.822 bits per heavy atom. The zero-order valence-electron chi connectivity index (χ0n) is 46.6. The average molecular weight is 1030 g/mol. The van der Waals surface area contributed by atoms with Gasteiger partial charge in [-0.1, -0.05) is 218 Å². The van der Waals surface area contributed by atoms with E-state index in [9.17, 15) is 34.5 Å². The molecule has 12 heteroatoms. The van der Waals surface area contributed by atoms with Gasteiger partial charge >= 0.3 is 23.9 Å². The normalized spacial score (nSPS) is 18.5. The number of esters is 3. The maximum atomic E-state index is 13.1. The summed E-state index contributed by atoms with van der Waals surface area (Å²) in [5.41, 5.74) is 0. The number of aliphatic hydroxyl groups is 2. The Balaban J connectivity index is 2.63. The molecular formula is C61H108O12. The van der Waals surface area contributed by atoms with Crippen LogP contribution < -0.4 is 0 Å². The molecule has 0 aromatic rings. The van der Waals surface area contributed by atoms with Gasteiger partial charge in [-0.05, 0) is 77.0 Å². The van der Waals surface area contributed by atoms with Gasteiger partial charge in [0, 0.05) is 19.3 Å². The van der Waals surface area contributed by atoms with Crippen molar-refractivity contribution < 1.29 is 58.2 Å². The minimum absolute atomic E-state index is 0.0580. The second-order valence-corrected chi connectivity index (χ2v) is 20.6. The largest absolute Gasteiger partial charge is 0.479 e. The van der Waals surface area contributed by atoms with Gasteiger partial charge in [0.2, 0.25) is 0 Å². The van der Waals surface area contributed by atoms with Crippen molar-refractivity contribution in [1.82, 2.24) is 0 Å². The third kappa shape index (κ3) is 39.9. The number of hydrogen-bond donors (Lipinski definition) is 3. The molecular weight excluding hydrogens is 925 g/mol. The molecule has 6 atom stereocenters. The molecule has 1 fully saturated rings. The monoisotopic (exact) mass is 1030 g/mol. The summed E-state index contributed by atoms with van der Waals surface area (Å²) < 4.78 is 28.4. The minimum atomic E-state index is -1.90. The molecule has 0 saturated carbocycles. The van der Waals surface area contributed by atoms with Gasteiger partial charge in [0.1, 0.15) is 18.8 Å².